The Hall–Kier alpha value is -2.63. The molecule has 2 aromatic rings. The maximum atomic E-state index is 12.6. The van der Waals surface area contributed by atoms with Gasteiger partial charge in [0, 0.05) is 55.5 Å². The molecule has 0 spiro atoms. The molecule has 0 unspecified atom stereocenters. The zero-order valence-electron chi connectivity index (χ0n) is 14.8. The fourth-order valence-corrected chi connectivity index (χ4v) is 3.29. The summed E-state index contributed by atoms with van der Waals surface area (Å²) in [4.78, 5) is 36.1. The van der Waals surface area contributed by atoms with Crippen molar-refractivity contribution in [1.82, 2.24) is 19.8 Å². The molecule has 1 N–H and O–H groups in total. The highest BCUT2D eigenvalue weighted by Gasteiger charge is 2.23. The van der Waals surface area contributed by atoms with Crippen LogP contribution in [0.5, 0.6) is 0 Å². The lowest BCUT2D eigenvalue weighted by atomic mass is 10.1. The largest absolute Gasteiger partial charge is 0.362 e. The number of carbonyl (C=O) groups excluding carboxylic acids is 2. The molecular weight excluding hydrogens is 316 g/mol. The second-order valence-electron chi connectivity index (χ2n) is 6.54. The number of carbonyl (C=O) groups is 2. The number of amides is 2. The van der Waals surface area contributed by atoms with Crippen molar-refractivity contribution in [2.24, 2.45) is 0 Å². The Labute approximate surface area is 147 Å². The zero-order valence-corrected chi connectivity index (χ0v) is 14.8. The standard InChI is InChI=1S/C19H24N4O2/c1-14-12-17(15(2)21-14)13-18(24)22-8-3-9-23(11-10-22)19(25)16-4-6-20-7-5-16/h4-7,12,21H,3,8-11,13H2,1-2H3. The van der Waals surface area contributed by atoms with Gasteiger partial charge in [-0.25, -0.2) is 0 Å². The predicted molar refractivity (Wildman–Crippen MR) is 95.3 cm³/mol. The molecule has 3 rings (SSSR count). The van der Waals surface area contributed by atoms with Crippen LogP contribution in [-0.4, -0.2) is 57.8 Å². The molecule has 0 saturated carbocycles. The van der Waals surface area contributed by atoms with E-state index < -0.39 is 0 Å². The number of hydrogen-bond acceptors (Lipinski definition) is 3. The van der Waals surface area contributed by atoms with Gasteiger partial charge in [0.05, 0.1) is 6.42 Å². The summed E-state index contributed by atoms with van der Waals surface area (Å²) >= 11 is 0. The van der Waals surface area contributed by atoms with Crippen molar-refractivity contribution >= 4 is 11.8 Å². The number of aromatic amines is 1. The molecule has 1 saturated heterocycles. The third kappa shape index (κ3) is 4.07. The molecule has 0 radical (unpaired) electrons. The number of nitrogens with zero attached hydrogens (tertiary/aromatic N) is 3. The molecule has 2 amide bonds. The van der Waals surface area contributed by atoms with E-state index in [-0.39, 0.29) is 11.8 Å². The SMILES string of the molecule is Cc1cc(CC(=O)N2CCCN(C(=O)c3ccncc3)CC2)c(C)[nH]1. The zero-order chi connectivity index (χ0) is 17.8. The van der Waals surface area contributed by atoms with Gasteiger partial charge in [0.2, 0.25) is 5.91 Å². The van der Waals surface area contributed by atoms with Crippen molar-refractivity contribution in [2.45, 2.75) is 26.7 Å². The number of rotatable bonds is 3. The molecule has 1 fully saturated rings. The fourth-order valence-electron chi connectivity index (χ4n) is 3.29. The van der Waals surface area contributed by atoms with Gasteiger partial charge in [-0.15, -0.1) is 0 Å². The van der Waals surface area contributed by atoms with Crippen LogP contribution in [-0.2, 0) is 11.2 Å². The molecule has 0 aliphatic carbocycles. The summed E-state index contributed by atoms with van der Waals surface area (Å²) in [6.07, 6.45) is 4.46. The third-order valence-electron chi connectivity index (χ3n) is 4.66. The molecule has 2 aromatic heterocycles. The summed E-state index contributed by atoms with van der Waals surface area (Å²) in [6.45, 7) is 6.51. The van der Waals surface area contributed by atoms with E-state index in [0.29, 0.717) is 38.2 Å². The van der Waals surface area contributed by atoms with E-state index in [0.717, 1.165) is 23.4 Å². The van der Waals surface area contributed by atoms with Crippen molar-refractivity contribution in [1.29, 1.82) is 0 Å². The Balaban J connectivity index is 1.60. The van der Waals surface area contributed by atoms with Crippen molar-refractivity contribution in [3.8, 4) is 0 Å². The maximum absolute atomic E-state index is 12.6. The summed E-state index contributed by atoms with van der Waals surface area (Å²) in [5.74, 6) is 0.133. The van der Waals surface area contributed by atoms with Gasteiger partial charge in [0.15, 0.2) is 0 Å². The first kappa shape index (κ1) is 17.2. The van der Waals surface area contributed by atoms with Crippen molar-refractivity contribution in [3.63, 3.8) is 0 Å². The number of hydrogen-bond donors (Lipinski definition) is 1. The molecule has 25 heavy (non-hydrogen) atoms. The van der Waals surface area contributed by atoms with Crippen molar-refractivity contribution in [2.75, 3.05) is 26.2 Å². The van der Waals surface area contributed by atoms with Gasteiger partial charge in [-0.1, -0.05) is 0 Å². The fraction of sp³-hybridized carbons (Fsp3) is 0.421. The first-order valence-corrected chi connectivity index (χ1v) is 8.67. The predicted octanol–water partition coefficient (Wildman–Crippen LogP) is 1.94. The number of pyridine rings is 1. The molecule has 0 bridgehead atoms. The van der Waals surface area contributed by atoms with Crippen LogP contribution >= 0.6 is 0 Å². The lowest BCUT2D eigenvalue weighted by molar-refractivity contribution is -0.130. The van der Waals surface area contributed by atoms with E-state index in [1.807, 2.05) is 29.7 Å². The Morgan fingerprint density at radius 3 is 2.44 bits per heavy atom. The van der Waals surface area contributed by atoms with E-state index >= 15 is 0 Å². The number of H-pyrrole nitrogens is 1. The average molecular weight is 340 g/mol. The van der Waals surface area contributed by atoms with Crippen LogP contribution in [0.1, 0.15) is 33.7 Å². The van der Waals surface area contributed by atoms with Gasteiger partial charge in [-0.05, 0) is 44.0 Å². The molecule has 6 nitrogen and oxygen atoms in total. The van der Waals surface area contributed by atoms with E-state index in [4.69, 9.17) is 0 Å². The van der Waals surface area contributed by atoms with Crippen LogP contribution in [0.4, 0.5) is 0 Å². The Kier molecular flexibility index (Phi) is 5.16. The van der Waals surface area contributed by atoms with E-state index in [1.54, 1.807) is 24.5 Å². The molecule has 0 aromatic carbocycles. The maximum Gasteiger partial charge on any atom is 0.254 e. The quantitative estimate of drug-likeness (QED) is 0.928. The van der Waals surface area contributed by atoms with Crippen LogP contribution < -0.4 is 0 Å². The summed E-state index contributed by atoms with van der Waals surface area (Å²) in [5, 5.41) is 0. The van der Waals surface area contributed by atoms with E-state index in [2.05, 4.69) is 9.97 Å². The highest BCUT2D eigenvalue weighted by molar-refractivity contribution is 5.94. The van der Waals surface area contributed by atoms with Gasteiger partial charge in [0.1, 0.15) is 0 Å². The molecule has 1 aliphatic rings. The smallest absolute Gasteiger partial charge is 0.254 e. The van der Waals surface area contributed by atoms with Crippen molar-refractivity contribution in [3.05, 3.63) is 53.1 Å². The van der Waals surface area contributed by atoms with Gasteiger partial charge < -0.3 is 14.8 Å². The van der Waals surface area contributed by atoms with Crippen LogP contribution in [0.3, 0.4) is 0 Å². The Morgan fingerprint density at radius 1 is 1.08 bits per heavy atom. The highest BCUT2D eigenvalue weighted by Crippen LogP contribution is 2.13. The molecule has 0 atom stereocenters. The normalized spacial score (nSPS) is 15.1. The summed E-state index contributed by atoms with van der Waals surface area (Å²) in [5.41, 5.74) is 3.82. The monoisotopic (exact) mass is 340 g/mol. The summed E-state index contributed by atoms with van der Waals surface area (Å²) in [7, 11) is 0. The minimum Gasteiger partial charge on any atom is -0.362 e. The topological polar surface area (TPSA) is 69.3 Å². The second kappa shape index (κ2) is 7.51. The molecule has 1 aliphatic heterocycles. The number of aromatic nitrogens is 2. The molecule has 132 valence electrons. The first-order valence-electron chi connectivity index (χ1n) is 8.67. The minimum atomic E-state index is 0.00815. The summed E-state index contributed by atoms with van der Waals surface area (Å²) < 4.78 is 0. The van der Waals surface area contributed by atoms with Crippen LogP contribution in [0, 0.1) is 13.8 Å². The Morgan fingerprint density at radius 2 is 1.76 bits per heavy atom. The molecule has 6 heteroatoms. The lowest BCUT2D eigenvalue weighted by Gasteiger charge is -2.22. The third-order valence-corrected chi connectivity index (χ3v) is 4.66. The molecular formula is C19H24N4O2. The minimum absolute atomic E-state index is 0.00815. The van der Waals surface area contributed by atoms with Gasteiger partial charge in [0.25, 0.3) is 5.91 Å². The average Bonchev–Trinajstić information content (AvgIpc) is 2.81. The van der Waals surface area contributed by atoms with Gasteiger partial charge >= 0.3 is 0 Å². The van der Waals surface area contributed by atoms with Gasteiger partial charge in [-0.3, -0.25) is 14.6 Å². The number of aryl methyl sites for hydroxylation is 2. The van der Waals surface area contributed by atoms with Gasteiger partial charge in [-0.2, -0.15) is 0 Å². The number of nitrogens with one attached hydrogen (secondary N) is 1. The first-order chi connectivity index (χ1) is 12.0. The van der Waals surface area contributed by atoms with Crippen LogP contribution in [0.25, 0.3) is 0 Å². The molecule has 3 heterocycles. The highest BCUT2D eigenvalue weighted by atomic mass is 16.2. The van der Waals surface area contributed by atoms with E-state index in [9.17, 15) is 9.59 Å². The second-order valence-corrected chi connectivity index (χ2v) is 6.54. The van der Waals surface area contributed by atoms with Crippen molar-refractivity contribution < 1.29 is 9.59 Å². The van der Waals surface area contributed by atoms with E-state index in [1.165, 1.54) is 0 Å². The van der Waals surface area contributed by atoms with Crippen LogP contribution in [0.2, 0.25) is 0 Å². The Bertz CT molecular complexity index is 754. The lowest BCUT2D eigenvalue weighted by Crippen LogP contribution is -2.38. The van der Waals surface area contributed by atoms with Crippen LogP contribution in [0.15, 0.2) is 30.6 Å². The summed E-state index contributed by atoms with van der Waals surface area (Å²) in [6, 6.07) is 5.49.